The van der Waals surface area contributed by atoms with Crippen LogP contribution in [-0.4, -0.2) is 28.5 Å². The number of ketones is 1. The van der Waals surface area contributed by atoms with Gasteiger partial charge in [-0.25, -0.2) is 0 Å². The van der Waals surface area contributed by atoms with Crippen LogP contribution in [0.4, 0.5) is 0 Å². The van der Waals surface area contributed by atoms with E-state index in [2.05, 4.69) is 79.5 Å². The van der Waals surface area contributed by atoms with Gasteiger partial charge in [-0.3, -0.25) is 4.79 Å². The highest BCUT2D eigenvalue weighted by Crippen LogP contribution is 2.64. The van der Waals surface area contributed by atoms with Crippen molar-refractivity contribution in [3.05, 3.63) is 23.5 Å². The molecule has 0 saturated heterocycles. The summed E-state index contributed by atoms with van der Waals surface area (Å²) in [6.07, 6.45) is 11.2. The summed E-state index contributed by atoms with van der Waals surface area (Å²) in [5.74, 6) is 2.60. The summed E-state index contributed by atoms with van der Waals surface area (Å²) >= 11 is 0. The van der Waals surface area contributed by atoms with Crippen molar-refractivity contribution in [2.24, 2.45) is 28.6 Å². The van der Waals surface area contributed by atoms with Crippen LogP contribution in [-0.2, 0) is 13.6 Å². The fourth-order valence-corrected chi connectivity index (χ4v) is 9.45. The third kappa shape index (κ3) is 4.29. The Balaban J connectivity index is 1.57. The van der Waals surface area contributed by atoms with Crippen LogP contribution in [0.1, 0.15) is 73.1 Å². The van der Waals surface area contributed by atoms with E-state index in [1.165, 1.54) is 11.3 Å². The molecule has 4 aliphatic rings. The van der Waals surface area contributed by atoms with Crippen molar-refractivity contribution in [1.29, 1.82) is 0 Å². The molecule has 0 bridgehead atoms. The number of hydrogen-bond acceptors (Lipinski definition) is 3. The van der Waals surface area contributed by atoms with Crippen LogP contribution in [0.15, 0.2) is 23.5 Å². The summed E-state index contributed by atoms with van der Waals surface area (Å²) in [5, 5.41) is 0.217. The van der Waals surface area contributed by atoms with Crippen LogP contribution >= 0.6 is 0 Å². The molecule has 0 amide bonds. The molecule has 0 aliphatic heterocycles. The molecule has 0 aromatic heterocycles. The first-order chi connectivity index (χ1) is 15.0. The van der Waals surface area contributed by atoms with Crippen LogP contribution in [0.2, 0.25) is 37.8 Å². The van der Waals surface area contributed by atoms with Gasteiger partial charge < -0.3 is 8.85 Å². The predicted molar refractivity (Wildman–Crippen MR) is 142 cm³/mol. The molecule has 186 valence electrons. The minimum absolute atomic E-state index is 0.0292. The smallest absolute Gasteiger partial charge is 0.241 e. The zero-order valence-electron chi connectivity index (χ0n) is 22.9. The van der Waals surface area contributed by atoms with Gasteiger partial charge in [-0.05, 0) is 106 Å². The van der Waals surface area contributed by atoms with E-state index in [0.29, 0.717) is 17.6 Å². The van der Waals surface area contributed by atoms with Gasteiger partial charge in [-0.1, -0.05) is 40.2 Å². The monoisotopic (exact) mass is 488 g/mol. The Morgan fingerprint density at radius 1 is 0.970 bits per heavy atom. The lowest BCUT2D eigenvalue weighted by Crippen LogP contribution is -2.54. The third-order valence-electron chi connectivity index (χ3n) is 10.1. The standard InChI is InChI=1S/C28H48O3Si2/c1-26(2,3)33(9,10)30-20-13-15-27(4)19(17-20)18-23(29)25-21-11-12-24(31-32(6,7)8)28(21,5)16-14-22(25)27/h12,18,20-22,25H,11,13-17H2,1-10H3/t20-,21-,22-,25-,27-,28-/m0/s1. The van der Waals surface area contributed by atoms with E-state index in [0.717, 1.165) is 38.5 Å². The number of rotatable bonds is 4. The highest BCUT2D eigenvalue weighted by molar-refractivity contribution is 6.74. The van der Waals surface area contributed by atoms with E-state index in [4.69, 9.17) is 8.85 Å². The Labute approximate surface area is 205 Å². The average molecular weight is 489 g/mol. The fourth-order valence-electron chi connectivity index (χ4n) is 7.09. The fraction of sp³-hybridized carbons (Fsp3) is 0.821. The normalized spacial score (nSPS) is 39.3. The molecule has 0 spiro atoms. The lowest BCUT2D eigenvalue weighted by Gasteiger charge is -2.57. The van der Waals surface area contributed by atoms with Crippen molar-refractivity contribution >= 4 is 22.4 Å². The minimum atomic E-state index is -1.81. The topological polar surface area (TPSA) is 35.5 Å². The van der Waals surface area contributed by atoms with Crippen molar-refractivity contribution in [3.63, 3.8) is 0 Å². The lowest BCUT2D eigenvalue weighted by atomic mass is 9.47. The van der Waals surface area contributed by atoms with Crippen molar-refractivity contribution in [2.75, 3.05) is 0 Å². The number of allylic oxidation sites excluding steroid dienone is 3. The first-order valence-electron chi connectivity index (χ1n) is 13.3. The number of carbonyl (C=O) groups excluding carboxylic acids is 1. The van der Waals surface area contributed by atoms with Gasteiger partial charge in [0.2, 0.25) is 8.32 Å². The molecule has 6 atom stereocenters. The van der Waals surface area contributed by atoms with Crippen molar-refractivity contribution < 1.29 is 13.6 Å². The van der Waals surface area contributed by atoms with Gasteiger partial charge in [0.25, 0.3) is 0 Å². The molecule has 0 unspecified atom stereocenters. The molecule has 0 aromatic rings. The summed E-state index contributed by atoms with van der Waals surface area (Å²) in [7, 11) is -3.48. The molecule has 33 heavy (non-hydrogen) atoms. The van der Waals surface area contributed by atoms with E-state index in [9.17, 15) is 4.79 Å². The largest absolute Gasteiger partial charge is 0.547 e. The third-order valence-corrected chi connectivity index (χ3v) is 15.5. The average Bonchev–Trinajstić information content (AvgIpc) is 2.97. The summed E-state index contributed by atoms with van der Waals surface area (Å²) in [4.78, 5) is 13.7. The molecule has 0 aromatic carbocycles. The molecule has 0 heterocycles. The van der Waals surface area contributed by atoms with Crippen molar-refractivity contribution in [2.45, 2.75) is 117 Å². The number of fused-ring (bicyclic) bond motifs is 5. The van der Waals surface area contributed by atoms with Gasteiger partial charge in [0.15, 0.2) is 14.1 Å². The summed E-state index contributed by atoms with van der Waals surface area (Å²) in [6, 6.07) is 0. The number of hydrogen-bond donors (Lipinski definition) is 0. The van der Waals surface area contributed by atoms with Gasteiger partial charge in [0, 0.05) is 17.4 Å². The van der Waals surface area contributed by atoms with Crippen molar-refractivity contribution in [1.82, 2.24) is 0 Å². The molecule has 5 heteroatoms. The van der Waals surface area contributed by atoms with Gasteiger partial charge >= 0.3 is 0 Å². The maximum atomic E-state index is 13.7. The summed E-state index contributed by atoms with van der Waals surface area (Å²) in [5.41, 5.74) is 1.56. The van der Waals surface area contributed by atoms with Crippen LogP contribution in [0, 0.1) is 28.6 Å². The van der Waals surface area contributed by atoms with Crippen LogP contribution in [0.25, 0.3) is 0 Å². The van der Waals surface area contributed by atoms with E-state index in [-0.39, 0.29) is 27.9 Å². The molecule has 4 rings (SSSR count). The molecule has 2 fully saturated rings. The molecule has 2 saturated carbocycles. The zero-order chi connectivity index (χ0) is 24.6. The maximum absolute atomic E-state index is 13.7. The second-order valence-corrected chi connectivity index (χ2v) is 23.6. The van der Waals surface area contributed by atoms with E-state index in [1.807, 2.05) is 0 Å². The second kappa shape index (κ2) is 7.93. The Kier molecular flexibility index (Phi) is 6.11. The molecular formula is C28H48O3Si2. The first kappa shape index (κ1) is 25.4. The highest BCUT2D eigenvalue weighted by Gasteiger charge is 2.60. The molecule has 0 N–H and O–H groups in total. The maximum Gasteiger partial charge on any atom is 0.241 e. The Hall–Kier alpha value is -0.656. The summed E-state index contributed by atoms with van der Waals surface area (Å²) in [6.45, 7) is 23.3. The van der Waals surface area contributed by atoms with Gasteiger partial charge in [0.05, 0.1) is 5.76 Å². The Bertz CT molecular complexity index is 875. The van der Waals surface area contributed by atoms with Gasteiger partial charge in [-0.2, -0.15) is 0 Å². The Morgan fingerprint density at radius 3 is 2.21 bits per heavy atom. The van der Waals surface area contributed by atoms with Gasteiger partial charge in [0.1, 0.15) is 0 Å². The molecule has 0 radical (unpaired) electrons. The predicted octanol–water partition coefficient (Wildman–Crippen LogP) is 7.86. The lowest BCUT2D eigenvalue weighted by molar-refractivity contribution is -0.132. The summed E-state index contributed by atoms with van der Waals surface area (Å²) < 4.78 is 13.4. The van der Waals surface area contributed by atoms with Crippen LogP contribution in [0.5, 0.6) is 0 Å². The molecule has 4 aliphatic carbocycles. The van der Waals surface area contributed by atoms with Crippen molar-refractivity contribution in [3.8, 4) is 0 Å². The van der Waals surface area contributed by atoms with Crippen LogP contribution in [0.3, 0.4) is 0 Å². The first-order valence-corrected chi connectivity index (χ1v) is 19.6. The van der Waals surface area contributed by atoms with Crippen LogP contribution < -0.4 is 0 Å². The minimum Gasteiger partial charge on any atom is -0.547 e. The van der Waals surface area contributed by atoms with E-state index in [1.54, 1.807) is 0 Å². The highest BCUT2D eigenvalue weighted by atomic mass is 28.4. The SMILES string of the molecule is CC(C)(C)[Si](C)(C)O[C@H]1CC[C@@]2(C)C(=CC(=O)[C@@H]3[C@@H]2CC[C@]2(C)C(O[Si](C)(C)C)=CC[C@@H]32)C1. The second-order valence-electron chi connectivity index (χ2n) is 14.4. The number of carbonyl (C=O) groups is 1. The van der Waals surface area contributed by atoms with E-state index < -0.39 is 16.6 Å². The quantitative estimate of drug-likeness (QED) is 0.378. The van der Waals surface area contributed by atoms with Gasteiger partial charge in [-0.15, -0.1) is 0 Å². The van der Waals surface area contributed by atoms with E-state index >= 15 is 0 Å². The molecular weight excluding hydrogens is 440 g/mol. The zero-order valence-corrected chi connectivity index (χ0v) is 24.9. The Morgan fingerprint density at radius 2 is 1.61 bits per heavy atom. The molecule has 3 nitrogen and oxygen atoms in total.